The Morgan fingerprint density at radius 1 is 1.17 bits per heavy atom. The molecular weight excluding hydrogens is 370 g/mol. The maximum absolute atomic E-state index is 13.7. The van der Waals surface area contributed by atoms with E-state index in [9.17, 15) is 8.78 Å². The van der Waals surface area contributed by atoms with Crippen molar-refractivity contribution in [3.05, 3.63) is 71.3 Å². The van der Waals surface area contributed by atoms with Gasteiger partial charge in [-0.2, -0.15) is 0 Å². The van der Waals surface area contributed by atoms with E-state index in [4.69, 9.17) is 0 Å². The van der Waals surface area contributed by atoms with Crippen molar-refractivity contribution in [1.29, 1.82) is 0 Å². The van der Waals surface area contributed by atoms with Gasteiger partial charge >= 0.3 is 0 Å². The lowest BCUT2D eigenvalue weighted by Gasteiger charge is -2.38. The largest absolute Gasteiger partial charge is 0.356 e. The monoisotopic (exact) mass is 400 g/mol. The minimum Gasteiger partial charge on any atom is -0.356 e. The molecule has 0 radical (unpaired) electrons. The van der Waals surface area contributed by atoms with Gasteiger partial charge in [0.05, 0.1) is 0 Å². The zero-order valence-corrected chi connectivity index (χ0v) is 17.2. The molecule has 0 aromatic heterocycles. The number of benzene rings is 2. The maximum Gasteiger partial charge on any atom is 0.191 e. The van der Waals surface area contributed by atoms with Crippen LogP contribution in [0.5, 0.6) is 0 Å². The molecule has 2 N–H and O–H groups in total. The highest BCUT2D eigenvalue weighted by Gasteiger charge is 2.25. The predicted octanol–water partition coefficient (Wildman–Crippen LogP) is 3.73. The topological polar surface area (TPSA) is 39.7 Å². The van der Waals surface area contributed by atoms with Crippen LogP contribution in [0, 0.1) is 11.6 Å². The van der Waals surface area contributed by atoms with Crippen molar-refractivity contribution in [2.24, 2.45) is 4.99 Å². The second kappa shape index (κ2) is 10.3. The van der Waals surface area contributed by atoms with Gasteiger partial charge in [-0.05, 0) is 55.5 Å². The molecule has 2 atom stereocenters. The molecule has 1 fully saturated rings. The highest BCUT2D eigenvalue weighted by atomic mass is 19.1. The minimum absolute atomic E-state index is 0.342. The first-order valence-electron chi connectivity index (χ1n) is 10.2. The highest BCUT2D eigenvalue weighted by Crippen LogP contribution is 2.20. The van der Waals surface area contributed by atoms with Crippen LogP contribution in [0.25, 0.3) is 0 Å². The summed E-state index contributed by atoms with van der Waals surface area (Å²) in [7, 11) is 1.73. The highest BCUT2D eigenvalue weighted by molar-refractivity contribution is 5.79. The lowest BCUT2D eigenvalue weighted by molar-refractivity contribution is 0.134. The molecule has 156 valence electrons. The molecule has 1 aliphatic heterocycles. The Balaban J connectivity index is 1.45. The Kier molecular flexibility index (Phi) is 7.58. The van der Waals surface area contributed by atoms with Crippen LogP contribution in [-0.4, -0.2) is 43.1 Å². The van der Waals surface area contributed by atoms with Crippen LogP contribution < -0.4 is 10.6 Å². The lowest BCUT2D eigenvalue weighted by Crippen LogP contribution is -2.51. The van der Waals surface area contributed by atoms with Gasteiger partial charge < -0.3 is 10.6 Å². The summed E-state index contributed by atoms with van der Waals surface area (Å²) in [6.07, 6.45) is 2.47. The second-order valence-electron chi connectivity index (χ2n) is 7.66. The first kappa shape index (κ1) is 21.2. The molecule has 2 aromatic rings. The van der Waals surface area contributed by atoms with E-state index in [0.29, 0.717) is 36.6 Å². The molecule has 29 heavy (non-hydrogen) atoms. The third-order valence-electron chi connectivity index (χ3n) is 5.50. The van der Waals surface area contributed by atoms with Crippen molar-refractivity contribution < 1.29 is 8.78 Å². The third-order valence-corrected chi connectivity index (χ3v) is 5.50. The fourth-order valence-electron chi connectivity index (χ4n) is 3.84. The molecule has 1 heterocycles. The van der Waals surface area contributed by atoms with E-state index in [2.05, 4.69) is 51.7 Å². The fraction of sp³-hybridized carbons (Fsp3) is 0.435. The standard InChI is InChI=1S/C23H30F2N4/c1-17-14-21(11-13-29(17)16-18-6-4-3-5-7-18)28-23(26-2)27-12-10-19-15-20(24)8-9-22(19)25/h3-9,15,17,21H,10-14,16H2,1-2H3,(H2,26,27,28). The minimum atomic E-state index is -0.417. The average Bonchev–Trinajstić information content (AvgIpc) is 2.72. The van der Waals surface area contributed by atoms with Crippen LogP contribution in [0.3, 0.4) is 0 Å². The van der Waals surface area contributed by atoms with E-state index in [1.165, 1.54) is 17.7 Å². The zero-order valence-electron chi connectivity index (χ0n) is 17.2. The molecule has 0 amide bonds. The summed E-state index contributed by atoms with van der Waals surface area (Å²) in [4.78, 5) is 6.79. The van der Waals surface area contributed by atoms with Crippen molar-refractivity contribution in [3.8, 4) is 0 Å². The van der Waals surface area contributed by atoms with Crippen LogP contribution in [0.2, 0.25) is 0 Å². The smallest absolute Gasteiger partial charge is 0.191 e. The summed E-state index contributed by atoms with van der Waals surface area (Å²) in [5.74, 6) is -0.0913. The van der Waals surface area contributed by atoms with E-state index < -0.39 is 5.82 Å². The molecule has 0 aliphatic carbocycles. The number of nitrogens with one attached hydrogen (secondary N) is 2. The van der Waals surface area contributed by atoms with Crippen molar-refractivity contribution in [2.45, 2.75) is 44.8 Å². The van der Waals surface area contributed by atoms with Gasteiger partial charge in [-0.1, -0.05) is 30.3 Å². The van der Waals surface area contributed by atoms with Crippen molar-refractivity contribution in [2.75, 3.05) is 20.1 Å². The number of nitrogens with zero attached hydrogens (tertiary/aromatic N) is 2. The number of hydrogen-bond donors (Lipinski definition) is 2. The van der Waals surface area contributed by atoms with Crippen molar-refractivity contribution in [3.63, 3.8) is 0 Å². The summed E-state index contributed by atoms with van der Waals surface area (Å²) in [5.41, 5.74) is 1.71. The summed E-state index contributed by atoms with van der Waals surface area (Å²) in [6, 6.07) is 14.9. The van der Waals surface area contributed by atoms with Gasteiger partial charge in [0, 0.05) is 38.8 Å². The molecule has 1 saturated heterocycles. The van der Waals surface area contributed by atoms with Crippen LogP contribution in [0.15, 0.2) is 53.5 Å². The quantitative estimate of drug-likeness (QED) is 0.573. The number of likely N-dealkylation sites (tertiary alicyclic amines) is 1. The predicted molar refractivity (Wildman–Crippen MR) is 114 cm³/mol. The Morgan fingerprint density at radius 3 is 2.69 bits per heavy atom. The Labute approximate surface area is 172 Å². The van der Waals surface area contributed by atoms with Crippen LogP contribution >= 0.6 is 0 Å². The van der Waals surface area contributed by atoms with Gasteiger partial charge in [-0.25, -0.2) is 8.78 Å². The van der Waals surface area contributed by atoms with Crippen LogP contribution in [-0.2, 0) is 13.0 Å². The molecule has 0 saturated carbocycles. The summed E-state index contributed by atoms with van der Waals surface area (Å²) in [6.45, 7) is 4.75. The molecule has 2 unspecified atom stereocenters. The number of aliphatic imine (C=N–C) groups is 1. The van der Waals surface area contributed by atoms with Crippen molar-refractivity contribution >= 4 is 5.96 Å². The van der Waals surface area contributed by atoms with Crippen LogP contribution in [0.4, 0.5) is 8.78 Å². The Hall–Kier alpha value is -2.47. The third kappa shape index (κ3) is 6.26. The molecular formula is C23H30F2N4. The van der Waals surface area contributed by atoms with Gasteiger partial charge in [0.15, 0.2) is 5.96 Å². The Morgan fingerprint density at radius 2 is 1.97 bits per heavy atom. The van der Waals surface area contributed by atoms with E-state index >= 15 is 0 Å². The number of hydrogen-bond acceptors (Lipinski definition) is 2. The summed E-state index contributed by atoms with van der Waals surface area (Å²) < 4.78 is 27.0. The molecule has 0 bridgehead atoms. The normalized spacial score (nSPS) is 20.5. The van der Waals surface area contributed by atoms with E-state index in [-0.39, 0.29) is 5.82 Å². The van der Waals surface area contributed by atoms with Gasteiger partial charge in [0.25, 0.3) is 0 Å². The molecule has 3 rings (SSSR count). The number of guanidine groups is 1. The van der Waals surface area contributed by atoms with Gasteiger partial charge in [0.1, 0.15) is 11.6 Å². The number of rotatable bonds is 6. The Bertz CT molecular complexity index is 810. The molecule has 0 spiro atoms. The van der Waals surface area contributed by atoms with Crippen LogP contribution in [0.1, 0.15) is 30.9 Å². The number of halogens is 2. The van der Waals surface area contributed by atoms with Gasteiger partial charge in [-0.15, -0.1) is 0 Å². The maximum atomic E-state index is 13.7. The van der Waals surface area contributed by atoms with E-state index in [1.54, 1.807) is 7.05 Å². The SMILES string of the molecule is CN=C(NCCc1cc(F)ccc1F)NC1CCN(Cc2ccccc2)C(C)C1. The second-order valence-corrected chi connectivity index (χ2v) is 7.66. The van der Waals surface area contributed by atoms with Gasteiger partial charge in [-0.3, -0.25) is 9.89 Å². The summed E-state index contributed by atoms with van der Waals surface area (Å²) in [5, 5.41) is 6.69. The molecule has 4 nitrogen and oxygen atoms in total. The fourth-order valence-corrected chi connectivity index (χ4v) is 3.84. The number of piperidine rings is 1. The molecule has 2 aromatic carbocycles. The van der Waals surface area contributed by atoms with E-state index in [0.717, 1.165) is 32.0 Å². The van der Waals surface area contributed by atoms with Crippen molar-refractivity contribution in [1.82, 2.24) is 15.5 Å². The average molecular weight is 401 g/mol. The summed E-state index contributed by atoms with van der Waals surface area (Å²) >= 11 is 0. The first-order valence-corrected chi connectivity index (χ1v) is 10.2. The lowest BCUT2D eigenvalue weighted by atomic mass is 9.97. The molecule has 1 aliphatic rings. The first-order chi connectivity index (χ1) is 14.0. The van der Waals surface area contributed by atoms with Gasteiger partial charge in [0.2, 0.25) is 0 Å². The zero-order chi connectivity index (χ0) is 20.6. The molecule has 6 heteroatoms. The van der Waals surface area contributed by atoms with E-state index in [1.807, 2.05) is 6.07 Å².